The topological polar surface area (TPSA) is 46.3 Å². The second-order valence-corrected chi connectivity index (χ2v) is 6.04. The first-order valence-electron chi connectivity index (χ1n) is 7.27. The van der Waals surface area contributed by atoms with Gasteiger partial charge in [0, 0.05) is 24.7 Å². The van der Waals surface area contributed by atoms with Gasteiger partial charge in [-0.15, -0.1) is 0 Å². The van der Waals surface area contributed by atoms with Crippen LogP contribution in [0.5, 0.6) is 0 Å². The molecule has 102 valence electrons. The molecule has 1 aromatic carbocycles. The molecule has 3 unspecified atom stereocenters. The van der Waals surface area contributed by atoms with Gasteiger partial charge in [-0.05, 0) is 43.2 Å². The summed E-state index contributed by atoms with van der Waals surface area (Å²) in [6, 6.07) is 8.14. The number of benzene rings is 1. The molecule has 3 atom stereocenters. The molecule has 0 aromatic heterocycles. The quantitative estimate of drug-likeness (QED) is 0.839. The number of likely N-dealkylation sites (tertiary alicyclic amines) is 1. The van der Waals surface area contributed by atoms with Gasteiger partial charge in [-0.1, -0.05) is 24.6 Å². The molecule has 1 aromatic rings. The van der Waals surface area contributed by atoms with E-state index in [2.05, 4.69) is 0 Å². The maximum absolute atomic E-state index is 12.6. The van der Waals surface area contributed by atoms with Gasteiger partial charge in [0.1, 0.15) is 0 Å². The number of rotatable bonds is 1. The van der Waals surface area contributed by atoms with Gasteiger partial charge in [0.05, 0.1) is 0 Å². The molecule has 0 spiro atoms. The van der Waals surface area contributed by atoms with E-state index in [1.54, 1.807) is 0 Å². The zero-order chi connectivity index (χ0) is 13.4. The van der Waals surface area contributed by atoms with Crippen molar-refractivity contribution in [2.24, 2.45) is 17.6 Å². The average Bonchev–Trinajstić information content (AvgIpc) is 2.84. The van der Waals surface area contributed by atoms with Crippen molar-refractivity contribution in [2.75, 3.05) is 13.1 Å². The van der Waals surface area contributed by atoms with Crippen LogP contribution in [0.1, 0.15) is 35.2 Å². The molecule has 1 aliphatic carbocycles. The standard InChI is InChI=1S/C16H22N2O/c1-11-5-2-3-7-13(11)16(19)18-9-12-6-4-8-15(17)14(12)10-18/h2-3,5,7,12,14-15H,4,6,8-10,17H2,1H3. The van der Waals surface area contributed by atoms with E-state index in [4.69, 9.17) is 5.73 Å². The Kier molecular flexibility index (Phi) is 3.31. The number of carbonyl (C=O) groups is 1. The fraction of sp³-hybridized carbons (Fsp3) is 0.562. The number of nitrogens with zero attached hydrogens (tertiary/aromatic N) is 1. The maximum atomic E-state index is 12.6. The third-order valence-corrected chi connectivity index (χ3v) is 4.82. The third kappa shape index (κ3) is 2.27. The largest absolute Gasteiger partial charge is 0.338 e. The molecule has 1 amide bonds. The Labute approximate surface area is 114 Å². The molecule has 1 saturated carbocycles. The molecule has 2 N–H and O–H groups in total. The minimum Gasteiger partial charge on any atom is -0.338 e. The highest BCUT2D eigenvalue weighted by Crippen LogP contribution is 2.36. The van der Waals surface area contributed by atoms with Gasteiger partial charge in [-0.25, -0.2) is 0 Å². The number of fused-ring (bicyclic) bond motifs is 1. The summed E-state index contributed by atoms with van der Waals surface area (Å²) in [5, 5.41) is 0. The fourth-order valence-corrected chi connectivity index (χ4v) is 3.67. The predicted molar refractivity (Wildman–Crippen MR) is 75.9 cm³/mol. The van der Waals surface area contributed by atoms with Gasteiger partial charge < -0.3 is 10.6 Å². The van der Waals surface area contributed by atoms with Gasteiger partial charge in [-0.2, -0.15) is 0 Å². The van der Waals surface area contributed by atoms with E-state index in [-0.39, 0.29) is 11.9 Å². The molecular formula is C16H22N2O. The first-order chi connectivity index (χ1) is 9.16. The van der Waals surface area contributed by atoms with Gasteiger partial charge in [-0.3, -0.25) is 4.79 Å². The number of hydrogen-bond acceptors (Lipinski definition) is 2. The third-order valence-electron chi connectivity index (χ3n) is 4.82. The number of nitrogens with two attached hydrogens (primary N) is 1. The Morgan fingerprint density at radius 3 is 2.79 bits per heavy atom. The number of carbonyl (C=O) groups excluding carboxylic acids is 1. The summed E-state index contributed by atoms with van der Waals surface area (Å²) in [5.74, 6) is 1.32. The summed E-state index contributed by atoms with van der Waals surface area (Å²) in [6.45, 7) is 3.74. The van der Waals surface area contributed by atoms with E-state index in [0.29, 0.717) is 11.8 Å². The van der Waals surface area contributed by atoms with Gasteiger partial charge in [0.25, 0.3) is 5.91 Å². The lowest BCUT2D eigenvalue weighted by Crippen LogP contribution is -2.38. The lowest BCUT2D eigenvalue weighted by molar-refractivity contribution is 0.0783. The summed E-state index contributed by atoms with van der Waals surface area (Å²) in [6.07, 6.45) is 3.57. The van der Waals surface area contributed by atoms with Gasteiger partial charge in [0.15, 0.2) is 0 Å². The second kappa shape index (κ2) is 4.97. The highest BCUT2D eigenvalue weighted by Gasteiger charge is 2.40. The maximum Gasteiger partial charge on any atom is 0.254 e. The van der Waals surface area contributed by atoms with E-state index in [0.717, 1.165) is 30.6 Å². The Morgan fingerprint density at radius 2 is 2.05 bits per heavy atom. The van der Waals surface area contributed by atoms with E-state index in [9.17, 15) is 4.79 Å². The predicted octanol–water partition coefficient (Wildman–Crippen LogP) is 2.19. The lowest BCUT2D eigenvalue weighted by Gasteiger charge is -2.29. The average molecular weight is 258 g/mol. The summed E-state index contributed by atoms with van der Waals surface area (Å²) in [4.78, 5) is 14.6. The summed E-state index contributed by atoms with van der Waals surface area (Å²) in [7, 11) is 0. The molecule has 2 fully saturated rings. The van der Waals surface area contributed by atoms with Crippen LogP contribution in [0.2, 0.25) is 0 Å². The van der Waals surface area contributed by atoms with Crippen molar-refractivity contribution in [3.05, 3.63) is 35.4 Å². The lowest BCUT2D eigenvalue weighted by atomic mass is 9.78. The van der Waals surface area contributed by atoms with Crippen LogP contribution in [0.25, 0.3) is 0 Å². The zero-order valence-electron chi connectivity index (χ0n) is 11.5. The Balaban J connectivity index is 1.78. The smallest absolute Gasteiger partial charge is 0.254 e. The molecule has 0 radical (unpaired) electrons. The Hall–Kier alpha value is -1.35. The van der Waals surface area contributed by atoms with Crippen molar-refractivity contribution in [3.63, 3.8) is 0 Å². The van der Waals surface area contributed by atoms with Crippen LogP contribution >= 0.6 is 0 Å². The Morgan fingerprint density at radius 1 is 1.26 bits per heavy atom. The molecule has 1 aliphatic heterocycles. The van der Waals surface area contributed by atoms with Gasteiger partial charge in [0.2, 0.25) is 0 Å². The molecule has 2 aliphatic rings. The second-order valence-electron chi connectivity index (χ2n) is 6.04. The van der Waals surface area contributed by atoms with Crippen molar-refractivity contribution in [1.82, 2.24) is 4.90 Å². The zero-order valence-corrected chi connectivity index (χ0v) is 11.5. The van der Waals surface area contributed by atoms with Crippen molar-refractivity contribution >= 4 is 5.91 Å². The van der Waals surface area contributed by atoms with Gasteiger partial charge >= 0.3 is 0 Å². The summed E-state index contributed by atoms with van der Waals surface area (Å²) >= 11 is 0. The van der Waals surface area contributed by atoms with Crippen LogP contribution in [0.3, 0.4) is 0 Å². The number of aryl methyl sites for hydroxylation is 1. The van der Waals surface area contributed by atoms with Crippen molar-refractivity contribution in [1.29, 1.82) is 0 Å². The summed E-state index contributed by atoms with van der Waals surface area (Å²) in [5.41, 5.74) is 8.12. The molecular weight excluding hydrogens is 236 g/mol. The van der Waals surface area contributed by atoms with Crippen molar-refractivity contribution in [3.8, 4) is 0 Å². The molecule has 3 rings (SSSR count). The van der Waals surface area contributed by atoms with Crippen LogP contribution in [-0.4, -0.2) is 29.9 Å². The SMILES string of the molecule is Cc1ccccc1C(=O)N1CC2CCCC(N)C2C1. The van der Waals surface area contributed by atoms with E-state index in [1.807, 2.05) is 36.1 Å². The normalized spacial score (nSPS) is 30.2. The van der Waals surface area contributed by atoms with Crippen molar-refractivity contribution in [2.45, 2.75) is 32.2 Å². The highest BCUT2D eigenvalue weighted by atomic mass is 16.2. The molecule has 0 bridgehead atoms. The first kappa shape index (κ1) is 12.7. The van der Waals surface area contributed by atoms with Crippen LogP contribution in [0.4, 0.5) is 0 Å². The molecule has 3 heteroatoms. The van der Waals surface area contributed by atoms with Crippen molar-refractivity contribution < 1.29 is 4.79 Å². The highest BCUT2D eigenvalue weighted by molar-refractivity contribution is 5.95. The molecule has 19 heavy (non-hydrogen) atoms. The molecule has 1 heterocycles. The number of amides is 1. The van der Waals surface area contributed by atoms with E-state index < -0.39 is 0 Å². The minimum absolute atomic E-state index is 0.180. The summed E-state index contributed by atoms with van der Waals surface area (Å²) < 4.78 is 0. The molecule has 3 nitrogen and oxygen atoms in total. The van der Waals surface area contributed by atoms with Crippen LogP contribution < -0.4 is 5.73 Å². The van der Waals surface area contributed by atoms with Crippen LogP contribution in [0, 0.1) is 18.8 Å². The molecule has 1 saturated heterocycles. The van der Waals surface area contributed by atoms with Crippen LogP contribution in [0.15, 0.2) is 24.3 Å². The number of hydrogen-bond donors (Lipinski definition) is 1. The minimum atomic E-state index is 0.180. The van der Waals surface area contributed by atoms with E-state index >= 15 is 0 Å². The first-order valence-corrected chi connectivity index (χ1v) is 7.27. The monoisotopic (exact) mass is 258 g/mol. The van der Waals surface area contributed by atoms with E-state index in [1.165, 1.54) is 12.8 Å². The fourth-order valence-electron chi connectivity index (χ4n) is 3.67. The Bertz CT molecular complexity index is 485. The van der Waals surface area contributed by atoms with Crippen LogP contribution in [-0.2, 0) is 0 Å².